The molecule has 3 rings (SSSR count). The van der Waals surface area contributed by atoms with Gasteiger partial charge in [-0.25, -0.2) is 14.4 Å². The van der Waals surface area contributed by atoms with Crippen molar-refractivity contribution in [2.75, 3.05) is 78.5 Å². The maximum Gasteiger partial charge on any atom is 0.326 e. The smallest absolute Gasteiger partial charge is 0.326 e. The van der Waals surface area contributed by atoms with Crippen LogP contribution < -0.4 is 37.2 Å². The summed E-state index contributed by atoms with van der Waals surface area (Å²) in [4.78, 5) is 124. The maximum atomic E-state index is 13.8. The fourth-order valence-corrected chi connectivity index (χ4v) is 8.07. The number of rotatable bonds is 36. The summed E-state index contributed by atoms with van der Waals surface area (Å²) in [6, 6.07) is 8.40. The molecule has 25 heteroatoms. The molecule has 2 aromatic rings. The number of unbranched alkanes of at least 4 members (excludes halogenated alkanes) is 1. The molecule has 1 aliphatic carbocycles. The lowest BCUT2D eigenvalue weighted by molar-refractivity contribution is -0.141. The molecule has 72 heavy (non-hydrogen) atoms. The standard InChI is InChI=1S/C47H69N9O16/c57-38(28-55(19-17-48-26-40(60)61)21-22-56(29-42(64)65)20-18-49-27-41(62)63)51-25-30-8-12-33(13-9-30)43(66)52-37(24-31-10-11-32-5-1-2-6-34(32)23-31)44(67)50-16-4-3-7-35(45(68)69)53-47(72)54-36(46(70)71)14-15-39(58)59/h1-2,5-6,10-11,23,30,33,35-37,48-49H,3-4,7-9,12-22,24-29H2,(H,50,67)(H,51,57)(H,52,66)(H,58,59)(H,60,61)(H,62,63)(H,64,65)(H,68,69)(H,70,71)(H2,53,54,72)/t30?,33?,35-,36-,37-/m0/s1. The number of carbonyl (C=O) groups is 10. The van der Waals surface area contributed by atoms with Crippen molar-refractivity contribution in [3.8, 4) is 0 Å². The fourth-order valence-electron chi connectivity index (χ4n) is 8.07. The van der Waals surface area contributed by atoms with E-state index >= 15 is 0 Å². The molecule has 398 valence electrons. The van der Waals surface area contributed by atoms with Gasteiger partial charge in [-0.1, -0.05) is 42.5 Å². The molecule has 13 N–H and O–H groups in total. The largest absolute Gasteiger partial charge is 0.481 e. The van der Waals surface area contributed by atoms with Gasteiger partial charge in [0.2, 0.25) is 17.7 Å². The molecular weight excluding hydrogens is 947 g/mol. The van der Waals surface area contributed by atoms with Gasteiger partial charge in [0.1, 0.15) is 18.1 Å². The van der Waals surface area contributed by atoms with Crippen molar-refractivity contribution < 1.29 is 78.6 Å². The predicted molar refractivity (Wildman–Crippen MR) is 258 cm³/mol. The van der Waals surface area contributed by atoms with Gasteiger partial charge in [-0.05, 0) is 73.6 Å². The number of carbonyl (C=O) groups excluding carboxylic acids is 4. The van der Waals surface area contributed by atoms with Crippen LogP contribution in [0.1, 0.15) is 63.4 Å². The zero-order valence-corrected chi connectivity index (χ0v) is 40.1. The van der Waals surface area contributed by atoms with E-state index in [2.05, 4.69) is 37.2 Å². The molecule has 0 heterocycles. The van der Waals surface area contributed by atoms with Gasteiger partial charge in [0.25, 0.3) is 0 Å². The first kappa shape index (κ1) is 59.3. The molecule has 0 unspecified atom stereocenters. The first-order valence-electron chi connectivity index (χ1n) is 23.9. The number of benzene rings is 2. The quantitative estimate of drug-likeness (QED) is 0.0371. The first-order chi connectivity index (χ1) is 34.3. The predicted octanol–water partition coefficient (Wildman–Crippen LogP) is -0.816. The van der Waals surface area contributed by atoms with Gasteiger partial charge in [-0.3, -0.25) is 43.4 Å². The number of carboxylic acid groups (broad SMARTS) is 6. The molecule has 25 nitrogen and oxygen atoms in total. The van der Waals surface area contributed by atoms with E-state index in [9.17, 15) is 63.3 Å². The summed E-state index contributed by atoms with van der Waals surface area (Å²) in [5.41, 5.74) is 0.799. The number of amides is 5. The summed E-state index contributed by atoms with van der Waals surface area (Å²) in [6.45, 7) is 0.986. The monoisotopic (exact) mass is 1020 g/mol. The van der Waals surface area contributed by atoms with Crippen molar-refractivity contribution >= 4 is 70.3 Å². The lowest BCUT2D eigenvalue weighted by atomic mass is 9.81. The zero-order chi connectivity index (χ0) is 53.0. The topological polar surface area (TPSA) is 383 Å². The molecule has 0 spiro atoms. The average molecular weight is 1020 g/mol. The van der Waals surface area contributed by atoms with Crippen molar-refractivity contribution in [3.63, 3.8) is 0 Å². The Morgan fingerprint density at radius 1 is 0.569 bits per heavy atom. The molecule has 1 aliphatic rings. The minimum Gasteiger partial charge on any atom is -0.481 e. The number of hydrogen-bond acceptors (Lipinski definition) is 14. The molecule has 3 atom stereocenters. The molecule has 0 radical (unpaired) electrons. The highest BCUT2D eigenvalue weighted by atomic mass is 16.4. The molecule has 1 fully saturated rings. The molecule has 0 aromatic heterocycles. The fraction of sp³-hybridized carbons (Fsp3) is 0.574. The Morgan fingerprint density at radius 3 is 1.72 bits per heavy atom. The Morgan fingerprint density at radius 2 is 1.15 bits per heavy atom. The Balaban J connectivity index is 1.55. The number of aliphatic carboxylic acids is 6. The second-order valence-corrected chi connectivity index (χ2v) is 17.7. The molecule has 0 aliphatic heterocycles. The van der Waals surface area contributed by atoms with Crippen LogP contribution in [0.25, 0.3) is 10.8 Å². The van der Waals surface area contributed by atoms with E-state index in [0.29, 0.717) is 32.2 Å². The van der Waals surface area contributed by atoms with Crippen LogP contribution in [-0.4, -0.2) is 197 Å². The van der Waals surface area contributed by atoms with E-state index in [0.717, 1.165) is 16.3 Å². The molecule has 2 aromatic carbocycles. The lowest BCUT2D eigenvalue weighted by Gasteiger charge is -2.30. The van der Waals surface area contributed by atoms with Crippen LogP contribution in [0.2, 0.25) is 0 Å². The van der Waals surface area contributed by atoms with Gasteiger partial charge in [0.15, 0.2) is 0 Å². The van der Waals surface area contributed by atoms with Crippen LogP contribution in [0.5, 0.6) is 0 Å². The lowest BCUT2D eigenvalue weighted by Crippen LogP contribution is -2.51. The Labute approximate surface area is 415 Å². The van der Waals surface area contributed by atoms with Gasteiger partial charge >= 0.3 is 41.8 Å². The maximum absolute atomic E-state index is 13.8. The van der Waals surface area contributed by atoms with Gasteiger partial charge in [-0.15, -0.1) is 0 Å². The summed E-state index contributed by atoms with van der Waals surface area (Å²) in [5, 5.41) is 75.5. The molecule has 1 saturated carbocycles. The van der Waals surface area contributed by atoms with Crippen LogP contribution in [0, 0.1) is 11.8 Å². The van der Waals surface area contributed by atoms with Crippen LogP contribution in [0.4, 0.5) is 4.79 Å². The molecule has 0 saturated heterocycles. The second-order valence-electron chi connectivity index (χ2n) is 17.7. The van der Waals surface area contributed by atoms with Crippen molar-refractivity contribution in [1.29, 1.82) is 0 Å². The molecular formula is C47H69N9O16. The van der Waals surface area contributed by atoms with Crippen molar-refractivity contribution in [2.24, 2.45) is 11.8 Å². The van der Waals surface area contributed by atoms with Crippen LogP contribution >= 0.6 is 0 Å². The number of hydrogen-bond donors (Lipinski definition) is 13. The van der Waals surface area contributed by atoms with E-state index in [4.69, 9.17) is 15.3 Å². The first-order valence-corrected chi connectivity index (χ1v) is 23.9. The van der Waals surface area contributed by atoms with Crippen LogP contribution in [0.15, 0.2) is 42.5 Å². The number of carboxylic acids is 6. The number of nitrogens with one attached hydrogen (secondary N) is 7. The van der Waals surface area contributed by atoms with E-state index in [1.54, 1.807) is 9.80 Å². The summed E-state index contributed by atoms with van der Waals surface area (Å²) in [5.74, 6) is -8.74. The Hall–Kier alpha value is -6.96. The number of urea groups is 1. The Kier molecular flexibility index (Phi) is 26.5. The third-order valence-corrected chi connectivity index (χ3v) is 12.0. The third-order valence-electron chi connectivity index (χ3n) is 12.0. The average Bonchev–Trinajstić information content (AvgIpc) is 3.32. The Bertz CT molecular complexity index is 2150. The highest BCUT2D eigenvalue weighted by Gasteiger charge is 2.31. The van der Waals surface area contributed by atoms with Gasteiger partial charge in [0.05, 0.1) is 26.2 Å². The highest BCUT2D eigenvalue weighted by Crippen LogP contribution is 2.29. The van der Waals surface area contributed by atoms with Crippen LogP contribution in [-0.2, 0) is 49.6 Å². The van der Waals surface area contributed by atoms with Crippen molar-refractivity contribution in [3.05, 3.63) is 48.0 Å². The van der Waals surface area contributed by atoms with E-state index in [-0.39, 0.29) is 115 Å². The summed E-state index contributed by atoms with van der Waals surface area (Å²) >= 11 is 0. The highest BCUT2D eigenvalue weighted by molar-refractivity contribution is 5.89. The van der Waals surface area contributed by atoms with E-state index in [1.807, 2.05) is 42.5 Å². The minimum absolute atomic E-state index is 0.0560. The summed E-state index contributed by atoms with van der Waals surface area (Å²) in [7, 11) is 0. The third kappa shape index (κ3) is 24.2. The normalized spacial score (nSPS) is 15.7. The number of nitrogens with zero attached hydrogens (tertiary/aromatic N) is 2. The van der Waals surface area contributed by atoms with Crippen molar-refractivity contribution in [1.82, 2.24) is 47.0 Å². The van der Waals surface area contributed by atoms with E-state index in [1.165, 1.54) is 0 Å². The van der Waals surface area contributed by atoms with Gasteiger partial charge in [0, 0.05) is 71.1 Å². The second kappa shape index (κ2) is 32.1. The summed E-state index contributed by atoms with van der Waals surface area (Å²) < 4.78 is 0. The molecule has 0 bridgehead atoms. The van der Waals surface area contributed by atoms with Crippen molar-refractivity contribution in [2.45, 2.75) is 82.3 Å². The SMILES string of the molecule is O=C(O)CC[C@H](NC(=O)N[C@@H](CCCCNC(=O)[C@H](Cc1ccc2ccccc2c1)NC(=O)C1CCC(CNC(=O)CN(CCNCC(=O)O)CCN(CCNCC(=O)O)CC(=O)O)CC1)C(=O)O)C(=O)O. The number of fused-ring (bicyclic) bond motifs is 1. The minimum atomic E-state index is -1.55. The molecule has 5 amide bonds. The zero-order valence-electron chi connectivity index (χ0n) is 40.1. The van der Waals surface area contributed by atoms with Crippen LogP contribution in [0.3, 0.4) is 0 Å². The summed E-state index contributed by atoms with van der Waals surface area (Å²) in [6.07, 6.45) is 1.87. The van der Waals surface area contributed by atoms with Gasteiger partial charge in [-0.2, -0.15) is 0 Å². The van der Waals surface area contributed by atoms with Gasteiger partial charge < -0.3 is 67.9 Å². The van der Waals surface area contributed by atoms with E-state index < -0.39 is 84.6 Å².